The van der Waals surface area contributed by atoms with Crippen molar-refractivity contribution in [1.29, 1.82) is 0 Å². The molecule has 0 radical (unpaired) electrons. The Morgan fingerprint density at radius 1 is 1.33 bits per heavy atom. The van der Waals surface area contributed by atoms with Gasteiger partial charge in [0, 0.05) is 12.6 Å². The number of sulfonamides is 1. The summed E-state index contributed by atoms with van der Waals surface area (Å²) in [6.07, 6.45) is 0.605. The Hall–Kier alpha value is -1.15. The zero-order valence-electron chi connectivity index (χ0n) is 11.5. The summed E-state index contributed by atoms with van der Waals surface area (Å²) in [7, 11) is -3.66. The van der Waals surface area contributed by atoms with Crippen molar-refractivity contribution >= 4 is 26.0 Å². The molecular formula is C14H16BrNO4S. The summed E-state index contributed by atoms with van der Waals surface area (Å²) in [6.45, 7) is 1.93. The molecule has 0 aliphatic carbocycles. The molecule has 0 saturated heterocycles. The second-order valence-corrected chi connectivity index (χ2v) is 7.04. The van der Waals surface area contributed by atoms with Gasteiger partial charge in [-0.25, -0.2) is 13.1 Å². The van der Waals surface area contributed by atoms with Crippen LogP contribution in [0.1, 0.15) is 16.9 Å². The van der Waals surface area contributed by atoms with Crippen molar-refractivity contribution in [3.05, 3.63) is 51.9 Å². The predicted molar refractivity (Wildman–Crippen MR) is 82.4 cm³/mol. The van der Waals surface area contributed by atoms with E-state index in [1.807, 2.05) is 31.2 Å². The lowest BCUT2D eigenvalue weighted by molar-refractivity contribution is 0.245. The molecule has 0 aliphatic heterocycles. The lowest BCUT2D eigenvalue weighted by Crippen LogP contribution is -2.26. The Labute approximate surface area is 132 Å². The fraction of sp³-hybridized carbons (Fsp3) is 0.286. The minimum atomic E-state index is -3.66. The molecule has 5 nitrogen and oxygen atoms in total. The largest absolute Gasteiger partial charge is 0.450 e. The fourth-order valence-corrected chi connectivity index (χ4v) is 3.97. The fourth-order valence-electron chi connectivity index (χ4n) is 1.95. The molecule has 2 N–H and O–H groups in total. The standard InChI is InChI=1S/C14H16BrNO4S/c1-10-4-2-3-5-11(10)6-7-16-21(18,19)13-8-12(9-17)20-14(13)15/h2-5,8,16-17H,6-7,9H2,1H3. The van der Waals surface area contributed by atoms with Crippen LogP contribution in [-0.4, -0.2) is 20.1 Å². The first-order valence-electron chi connectivity index (χ1n) is 6.37. The van der Waals surface area contributed by atoms with Crippen LogP contribution in [0.15, 0.2) is 44.3 Å². The number of aryl methyl sites for hydroxylation is 1. The summed E-state index contributed by atoms with van der Waals surface area (Å²) in [5.74, 6) is 0.196. The SMILES string of the molecule is Cc1ccccc1CCNS(=O)(=O)c1cc(CO)oc1Br. The molecule has 7 heteroatoms. The van der Waals surface area contributed by atoms with Crippen molar-refractivity contribution in [2.24, 2.45) is 0 Å². The molecule has 2 rings (SSSR count). The summed E-state index contributed by atoms with van der Waals surface area (Å²) in [5, 5.41) is 8.97. The normalized spacial score (nSPS) is 11.8. The molecule has 0 saturated carbocycles. The Kier molecular flexibility index (Phi) is 5.21. The second kappa shape index (κ2) is 6.74. The molecule has 0 unspecified atom stereocenters. The molecule has 21 heavy (non-hydrogen) atoms. The van der Waals surface area contributed by atoms with E-state index in [1.165, 1.54) is 6.07 Å². The van der Waals surface area contributed by atoms with Gasteiger partial charge in [0.15, 0.2) is 4.67 Å². The number of hydrogen-bond donors (Lipinski definition) is 2. The molecule has 2 aromatic rings. The summed E-state index contributed by atoms with van der Waals surface area (Å²) < 4.78 is 32.1. The maximum absolute atomic E-state index is 12.2. The van der Waals surface area contributed by atoms with Crippen LogP contribution in [-0.2, 0) is 23.1 Å². The van der Waals surface area contributed by atoms with Crippen LogP contribution < -0.4 is 4.72 Å². The van der Waals surface area contributed by atoms with Crippen molar-refractivity contribution in [1.82, 2.24) is 4.72 Å². The molecule has 0 aliphatic rings. The van der Waals surface area contributed by atoms with Crippen LogP contribution in [0, 0.1) is 6.92 Å². The number of aliphatic hydroxyl groups excluding tert-OH is 1. The topological polar surface area (TPSA) is 79.5 Å². The van der Waals surface area contributed by atoms with Crippen molar-refractivity contribution in [2.45, 2.75) is 24.8 Å². The summed E-state index contributed by atoms with van der Waals surface area (Å²) in [6, 6.07) is 9.14. The van der Waals surface area contributed by atoms with E-state index in [9.17, 15) is 8.42 Å². The van der Waals surface area contributed by atoms with Crippen molar-refractivity contribution in [3.8, 4) is 0 Å². The molecular weight excluding hydrogens is 358 g/mol. The minimum Gasteiger partial charge on any atom is -0.450 e. The van der Waals surface area contributed by atoms with Gasteiger partial charge in [0.05, 0.1) is 0 Å². The van der Waals surface area contributed by atoms with Gasteiger partial charge in [-0.1, -0.05) is 24.3 Å². The first kappa shape index (κ1) is 16.2. The van der Waals surface area contributed by atoms with Crippen molar-refractivity contribution in [3.63, 3.8) is 0 Å². The quantitative estimate of drug-likeness (QED) is 0.814. The highest BCUT2D eigenvalue weighted by molar-refractivity contribution is 9.10. The van der Waals surface area contributed by atoms with Crippen LogP contribution in [0.3, 0.4) is 0 Å². The highest BCUT2D eigenvalue weighted by atomic mass is 79.9. The number of rotatable bonds is 6. The van der Waals surface area contributed by atoms with E-state index in [0.29, 0.717) is 13.0 Å². The first-order valence-corrected chi connectivity index (χ1v) is 8.65. The van der Waals surface area contributed by atoms with E-state index < -0.39 is 10.0 Å². The van der Waals surface area contributed by atoms with E-state index in [4.69, 9.17) is 9.52 Å². The van der Waals surface area contributed by atoms with Crippen molar-refractivity contribution < 1.29 is 17.9 Å². The summed E-state index contributed by atoms with van der Waals surface area (Å²) >= 11 is 3.05. The van der Waals surface area contributed by atoms with Gasteiger partial charge in [-0.15, -0.1) is 0 Å². The van der Waals surface area contributed by atoms with Crippen molar-refractivity contribution in [2.75, 3.05) is 6.54 Å². The van der Waals surface area contributed by atoms with Gasteiger partial charge in [0.25, 0.3) is 0 Å². The third-order valence-electron chi connectivity index (χ3n) is 3.10. The third-order valence-corrected chi connectivity index (χ3v) is 5.42. The molecule has 1 heterocycles. The van der Waals surface area contributed by atoms with Gasteiger partial charge in [0.2, 0.25) is 10.0 Å². The van der Waals surface area contributed by atoms with E-state index in [0.717, 1.165) is 11.1 Å². The number of nitrogens with one attached hydrogen (secondary N) is 1. The van der Waals surface area contributed by atoms with Gasteiger partial charge < -0.3 is 9.52 Å². The number of halogens is 1. The Morgan fingerprint density at radius 2 is 2.05 bits per heavy atom. The smallest absolute Gasteiger partial charge is 0.244 e. The Balaban J connectivity index is 2.05. The summed E-state index contributed by atoms with van der Waals surface area (Å²) in [4.78, 5) is -0.00339. The Bertz CT molecular complexity index is 724. The molecule has 1 aromatic carbocycles. The molecule has 114 valence electrons. The van der Waals surface area contributed by atoms with Crippen LogP contribution in [0.2, 0.25) is 0 Å². The number of furan rings is 1. The van der Waals surface area contributed by atoms with Gasteiger partial charge >= 0.3 is 0 Å². The van der Waals surface area contributed by atoms with E-state index in [2.05, 4.69) is 20.7 Å². The monoisotopic (exact) mass is 373 g/mol. The molecule has 0 atom stereocenters. The second-order valence-electron chi connectivity index (χ2n) is 4.58. The average molecular weight is 374 g/mol. The Morgan fingerprint density at radius 3 is 2.67 bits per heavy atom. The maximum Gasteiger partial charge on any atom is 0.244 e. The predicted octanol–water partition coefficient (Wildman–Crippen LogP) is 2.36. The molecule has 0 fully saturated rings. The van der Waals surface area contributed by atoms with Gasteiger partial charge in [-0.05, 0) is 40.4 Å². The highest BCUT2D eigenvalue weighted by Crippen LogP contribution is 2.26. The van der Waals surface area contributed by atoms with Gasteiger partial charge in [0.1, 0.15) is 17.3 Å². The maximum atomic E-state index is 12.2. The van der Waals surface area contributed by atoms with Gasteiger partial charge in [-0.2, -0.15) is 0 Å². The number of aliphatic hydroxyl groups is 1. The summed E-state index contributed by atoms with van der Waals surface area (Å²) in [5.41, 5.74) is 2.23. The lowest BCUT2D eigenvalue weighted by Gasteiger charge is -2.07. The zero-order valence-corrected chi connectivity index (χ0v) is 13.9. The first-order chi connectivity index (χ1) is 9.94. The number of hydrogen-bond acceptors (Lipinski definition) is 4. The van der Waals surface area contributed by atoms with Crippen LogP contribution in [0.4, 0.5) is 0 Å². The zero-order chi connectivity index (χ0) is 15.5. The minimum absolute atomic E-state index is 0.00339. The van der Waals surface area contributed by atoms with E-state index in [1.54, 1.807) is 0 Å². The van der Waals surface area contributed by atoms with Crippen LogP contribution in [0.25, 0.3) is 0 Å². The molecule has 0 amide bonds. The molecule has 0 spiro atoms. The highest BCUT2D eigenvalue weighted by Gasteiger charge is 2.21. The van der Waals surface area contributed by atoms with Gasteiger partial charge in [-0.3, -0.25) is 0 Å². The average Bonchev–Trinajstić information content (AvgIpc) is 2.83. The van der Waals surface area contributed by atoms with E-state index >= 15 is 0 Å². The molecule has 0 bridgehead atoms. The lowest BCUT2D eigenvalue weighted by atomic mass is 10.1. The van der Waals surface area contributed by atoms with E-state index in [-0.39, 0.29) is 21.9 Å². The third kappa shape index (κ3) is 3.94. The number of benzene rings is 1. The molecule has 1 aromatic heterocycles. The van der Waals surface area contributed by atoms with Crippen LogP contribution in [0.5, 0.6) is 0 Å². The van der Waals surface area contributed by atoms with Crippen LogP contribution >= 0.6 is 15.9 Å².